The number of fused-ring (bicyclic) bond motifs is 1. The van der Waals surface area contributed by atoms with Gasteiger partial charge in [-0.3, -0.25) is 14.8 Å². The van der Waals surface area contributed by atoms with Gasteiger partial charge >= 0.3 is 5.97 Å². The van der Waals surface area contributed by atoms with Gasteiger partial charge in [0.1, 0.15) is 11.1 Å². The van der Waals surface area contributed by atoms with E-state index in [9.17, 15) is 14.7 Å². The van der Waals surface area contributed by atoms with Gasteiger partial charge in [0.25, 0.3) is 5.91 Å². The molecule has 0 atom stereocenters. The van der Waals surface area contributed by atoms with E-state index >= 15 is 0 Å². The van der Waals surface area contributed by atoms with Crippen LogP contribution in [0.2, 0.25) is 0 Å². The summed E-state index contributed by atoms with van der Waals surface area (Å²) in [6.07, 6.45) is 5.61. The minimum Gasteiger partial charge on any atom is -0.480 e. The lowest BCUT2D eigenvalue weighted by Gasteiger charge is -2.25. The van der Waals surface area contributed by atoms with Gasteiger partial charge in [0.2, 0.25) is 0 Å². The highest BCUT2D eigenvalue weighted by atomic mass is 16.4. The predicted molar refractivity (Wildman–Crippen MR) is 75.8 cm³/mol. The van der Waals surface area contributed by atoms with E-state index in [1.54, 1.807) is 24.4 Å². The van der Waals surface area contributed by atoms with Gasteiger partial charge in [-0.05, 0) is 25.0 Å². The first kappa shape index (κ1) is 13.5. The third-order valence-corrected chi connectivity index (χ3v) is 3.96. The van der Waals surface area contributed by atoms with Crippen molar-refractivity contribution in [1.29, 1.82) is 0 Å². The molecule has 0 saturated heterocycles. The van der Waals surface area contributed by atoms with Crippen LogP contribution in [-0.4, -0.2) is 32.5 Å². The molecule has 1 aromatic carbocycles. The number of aliphatic carboxylic acids is 1. The molecule has 2 N–H and O–H groups in total. The molecule has 0 aliphatic heterocycles. The second-order valence-electron chi connectivity index (χ2n) is 5.28. The van der Waals surface area contributed by atoms with Gasteiger partial charge < -0.3 is 10.4 Å². The number of benzene rings is 1. The number of aromatic nitrogens is 2. The maximum atomic E-state index is 12.5. The standard InChI is InChI=1S/C15H15N3O3/c19-13(18-15(14(20)21)6-1-2-7-15)10-4-3-5-11-12(10)17-9-8-16-11/h3-5,8-9H,1-2,6-7H2,(H,18,19)(H,20,21). The van der Waals surface area contributed by atoms with E-state index in [4.69, 9.17) is 0 Å². The van der Waals surface area contributed by atoms with Crippen molar-refractivity contribution < 1.29 is 14.7 Å². The largest absolute Gasteiger partial charge is 0.480 e. The summed E-state index contributed by atoms with van der Waals surface area (Å²) in [5.41, 5.74) is 0.298. The van der Waals surface area contributed by atoms with Gasteiger partial charge in [-0.15, -0.1) is 0 Å². The zero-order chi connectivity index (χ0) is 14.9. The Kier molecular flexibility index (Phi) is 3.29. The van der Waals surface area contributed by atoms with Crippen molar-refractivity contribution in [2.45, 2.75) is 31.2 Å². The van der Waals surface area contributed by atoms with Crippen molar-refractivity contribution in [2.24, 2.45) is 0 Å². The van der Waals surface area contributed by atoms with Gasteiger partial charge in [-0.2, -0.15) is 0 Å². The molecule has 2 aromatic rings. The quantitative estimate of drug-likeness (QED) is 0.896. The Hall–Kier alpha value is -2.50. The molecule has 0 bridgehead atoms. The first-order valence-electron chi connectivity index (χ1n) is 6.88. The van der Waals surface area contributed by atoms with Crippen LogP contribution in [0.1, 0.15) is 36.0 Å². The fraction of sp³-hybridized carbons (Fsp3) is 0.333. The van der Waals surface area contributed by atoms with Crippen LogP contribution < -0.4 is 5.32 Å². The number of nitrogens with zero attached hydrogens (tertiary/aromatic N) is 2. The Balaban J connectivity index is 1.96. The van der Waals surface area contributed by atoms with Gasteiger partial charge in [-0.1, -0.05) is 18.9 Å². The molecule has 6 nitrogen and oxygen atoms in total. The molecule has 0 unspecified atom stereocenters. The smallest absolute Gasteiger partial charge is 0.329 e. The number of carbonyl (C=O) groups is 2. The van der Waals surface area contributed by atoms with E-state index in [2.05, 4.69) is 15.3 Å². The minimum atomic E-state index is -1.15. The molecule has 0 spiro atoms. The van der Waals surface area contributed by atoms with Crippen LogP contribution in [0.25, 0.3) is 11.0 Å². The lowest BCUT2D eigenvalue weighted by molar-refractivity contribution is -0.144. The Morgan fingerprint density at radius 1 is 1.14 bits per heavy atom. The number of carboxylic acid groups (broad SMARTS) is 1. The highest BCUT2D eigenvalue weighted by Gasteiger charge is 2.42. The predicted octanol–water partition coefficient (Wildman–Crippen LogP) is 1.76. The third-order valence-electron chi connectivity index (χ3n) is 3.96. The van der Waals surface area contributed by atoms with Crippen molar-refractivity contribution in [3.05, 3.63) is 36.2 Å². The molecule has 1 aliphatic carbocycles. The first-order chi connectivity index (χ1) is 10.1. The zero-order valence-corrected chi connectivity index (χ0v) is 11.4. The van der Waals surface area contributed by atoms with E-state index in [1.165, 1.54) is 6.20 Å². The molecule has 21 heavy (non-hydrogen) atoms. The number of amides is 1. The Morgan fingerprint density at radius 2 is 1.86 bits per heavy atom. The summed E-state index contributed by atoms with van der Waals surface area (Å²) in [4.78, 5) is 32.3. The fourth-order valence-corrected chi connectivity index (χ4v) is 2.83. The highest BCUT2D eigenvalue weighted by Crippen LogP contribution is 2.30. The van der Waals surface area contributed by atoms with Crippen LogP contribution in [0, 0.1) is 0 Å². The van der Waals surface area contributed by atoms with Crippen LogP contribution in [0.4, 0.5) is 0 Å². The van der Waals surface area contributed by atoms with E-state index in [0.717, 1.165) is 12.8 Å². The number of nitrogens with one attached hydrogen (secondary N) is 1. The molecule has 1 heterocycles. The van der Waals surface area contributed by atoms with Crippen molar-refractivity contribution in [1.82, 2.24) is 15.3 Å². The number of para-hydroxylation sites is 1. The van der Waals surface area contributed by atoms with Gasteiger partial charge in [-0.25, -0.2) is 4.79 Å². The van der Waals surface area contributed by atoms with Gasteiger partial charge in [0, 0.05) is 12.4 Å². The second-order valence-corrected chi connectivity index (χ2v) is 5.28. The maximum Gasteiger partial charge on any atom is 0.329 e. The van der Waals surface area contributed by atoms with Crippen molar-refractivity contribution in [3.63, 3.8) is 0 Å². The van der Waals surface area contributed by atoms with Crippen LogP contribution in [-0.2, 0) is 4.79 Å². The topological polar surface area (TPSA) is 92.2 Å². The number of carbonyl (C=O) groups excluding carboxylic acids is 1. The average Bonchev–Trinajstić information content (AvgIpc) is 2.96. The van der Waals surface area contributed by atoms with Crippen LogP contribution in [0.15, 0.2) is 30.6 Å². The summed E-state index contributed by atoms with van der Waals surface area (Å²) < 4.78 is 0. The summed E-state index contributed by atoms with van der Waals surface area (Å²) in [6, 6.07) is 5.12. The lowest BCUT2D eigenvalue weighted by Crippen LogP contribution is -2.52. The van der Waals surface area contributed by atoms with Crippen LogP contribution in [0.5, 0.6) is 0 Å². The summed E-state index contributed by atoms with van der Waals surface area (Å²) in [5.74, 6) is -1.38. The molecule has 0 radical (unpaired) electrons. The van der Waals surface area contributed by atoms with E-state index in [-0.39, 0.29) is 0 Å². The first-order valence-corrected chi connectivity index (χ1v) is 6.88. The summed E-state index contributed by atoms with van der Waals surface area (Å²) in [5, 5.41) is 12.1. The average molecular weight is 285 g/mol. The Labute approximate surface area is 121 Å². The molecule has 1 fully saturated rings. The second kappa shape index (κ2) is 5.12. The summed E-state index contributed by atoms with van der Waals surface area (Å²) in [6.45, 7) is 0. The molecular weight excluding hydrogens is 270 g/mol. The number of hydrogen-bond acceptors (Lipinski definition) is 4. The molecule has 1 aromatic heterocycles. The van der Waals surface area contributed by atoms with E-state index in [1.807, 2.05) is 0 Å². The van der Waals surface area contributed by atoms with Crippen LogP contribution in [0.3, 0.4) is 0 Å². The van der Waals surface area contributed by atoms with E-state index < -0.39 is 17.4 Å². The SMILES string of the molecule is O=C(NC1(C(=O)O)CCCC1)c1cccc2nccnc12. The fourth-order valence-electron chi connectivity index (χ4n) is 2.83. The number of hydrogen-bond donors (Lipinski definition) is 2. The van der Waals surface area contributed by atoms with Gasteiger partial charge in [0.15, 0.2) is 0 Å². The number of carboxylic acids is 1. The maximum absolute atomic E-state index is 12.5. The van der Waals surface area contributed by atoms with Crippen LogP contribution >= 0.6 is 0 Å². The van der Waals surface area contributed by atoms with Gasteiger partial charge in [0.05, 0.1) is 11.1 Å². The third kappa shape index (κ3) is 2.33. The molecular formula is C15H15N3O3. The monoisotopic (exact) mass is 285 g/mol. The normalized spacial score (nSPS) is 16.8. The van der Waals surface area contributed by atoms with Crippen molar-refractivity contribution in [3.8, 4) is 0 Å². The summed E-state index contributed by atoms with van der Waals surface area (Å²) >= 11 is 0. The van der Waals surface area contributed by atoms with E-state index in [0.29, 0.717) is 29.4 Å². The number of rotatable bonds is 3. The molecule has 6 heteroatoms. The Bertz CT molecular complexity index is 703. The Morgan fingerprint density at radius 3 is 2.57 bits per heavy atom. The zero-order valence-electron chi connectivity index (χ0n) is 11.4. The molecule has 108 valence electrons. The molecule has 1 amide bonds. The van der Waals surface area contributed by atoms with Crippen molar-refractivity contribution >= 4 is 22.9 Å². The molecule has 1 saturated carbocycles. The summed E-state index contributed by atoms with van der Waals surface area (Å²) in [7, 11) is 0. The molecule has 3 rings (SSSR count). The lowest BCUT2D eigenvalue weighted by atomic mass is 9.97. The van der Waals surface area contributed by atoms with Crippen molar-refractivity contribution in [2.75, 3.05) is 0 Å². The minimum absolute atomic E-state index is 0.355. The highest BCUT2D eigenvalue weighted by molar-refractivity contribution is 6.06. The molecule has 1 aliphatic rings.